The summed E-state index contributed by atoms with van der Waals surface area (Å²) in [5, 5.41) is 34.1. The van der Waals surface area contributed by atoms with Gasteiger partial charge in [-0.25, -0.2) is 54.3 Å². The Morgan fingerprint density at radius 1 is 0.557 bits per heavy atom. The maximum atomic E-state index is 14.4. The van der Waals surface area contributed by atoms with Crippen LogP contribution in [0.3, 0.4) is 0 Å². The minimum Gasteiger partial charge on any atom is -0.480 e. The average molecular weight is 1620 g/mol. The highest BCUT2D eigenvalue weighted by atomic mass is 19.3. The molecule has 29 heteroatoms. The number of alkyl carbamates (subject to hydrolysis) is 1. The van der Waals surface area contributed by atoms with E-state index < -0.39 is 169 Å². The summed E-state index contributed by atoms with van der Waals surface area (Å²) in [5.74, 6) is -8.30. The fourth-order valence-electron chi connectivity index (χ4n) is 17.5. The Balaban J connectivity index is 0.000000223. The number of carboxylic acid groups (broad SMARTS) is 2. The molecule has 4 aromatic carbocycles. The largest absolute Gasteiger partial charge is 0.480 e. The van der Waals surface area contributed by atoms with Crippen LogP contribution in [0.5, 0.6) is 0 Å². The molecule has 0 spiro atoms. The molecule has 634 valence electrons. The third-order valence-corrected chi connectivity index (χ3v) is 23.5. The molecule has 11 rings (SSSR count). The van der Waals surface area contributed by atoms with Crippen molar-refractivity contribution in [3.63, 3.8) is 0 Å². The Morgan fingerprint density at radius 2 is 1.00 bits per heavy atom. The van der Waals surface area contributed by atoms with Gasteiger partial charge in [-0.3, -0.25) is 28.9 Å². The summed E-state index contributed by atoms with van der Waals surface area (Å²) in [7, 11) is 0. The van der Waals surface area contributed by atoms with Crippen LogP contribution in [0.2, 0.25) is 0 Å². The van der Waals surface area contributed by atoms with Gasteiger partial charge in [0.2, 0.25) is 42.4 Å². The molecule has 7 amide bonds. The fraction of sp³-hybridized carbons (Fsp3) is 0.616. The number of hydrogen-bond acceptors (Lipinski definition) is 12. The number of fused-ring (bicyclic) bond motifs is 3. The Labute approximate surface area is 669 Å². The van der Waals surface area contributed by atoms with Crippen molar-refractivity contribution in [2.24, 2.45) is 46.8 Å². The minimum absolute atomic E-state index is 0. The minimum atomic E-state index is -3.01. The van der Waals surface area contributed by atoms with Crippen molar-refractivity contribution < 1.29 is 98.0 Å². The van der Waals surface area contributed by atoms with E-state index in [4.69, 9.17) is 14.6 Å². The topological polar surface area (TPSA) is 291 Å². The Kier molecular flexibility index (Phi) is 34.1. The highest BCUT2D eigenvalue weighted by molar-refractivity contribution is 5.95. The highest BCUT2D eigenvalue weighted by Gasteiger charge is 2.48. The number of aromatic carboxylic acids is 1. The molecule has 3 saturated heterocycles. The summed E-state index contributed by atoms with van der Waals surface area (Å²) in [5.41, 5.74) is 3.51. The van der Waals surface area contributed by atoms with Gasteiger partial charge in [0.25, 0.3) is 0 Å². The quantitative estimate of drug-likeness (QED) is 0.0258. The number of likely N-dealkylation sites (tertiary alicyclic amines) is 2. The Bertz CT molecular complexity index is 3890. The zero-order valence-corrected chi connectivity index (χ0v) is 66.0. The van der Waals surface area contributed by atoms with Crippen LogP contribution in [0, 0.1) is 77.0 Å². The number of carbonyl (C=O) groups excluding carboxylic acids is 7. The number of halogens is 8. The van der Waals surface area contributed by atoms with Crippen LogP contribution in [0.1, 0.15) is 215 Å². The first-order chi connectivity index (χ1) is 54.2. The van der Waals surface area contributed by atoms with Crippen LogP contribution in [0.25, 0.3) is 11.1 Å². The van der Waals surface area contributed by atoms with Gasteiger partial charge < -0.3 is 56.5 Å². The zero-order chi connectivity index (χ0) is 82.7. The summed E-state index contributed by atoms with van der Waals surface area (Å²) in [6.07, 6.45) is 8.78. The number of carboxylic acids is 2. The summed E-state index contributed by atoms with van der Waals surface area (Å²) in [6.45, 7) is 11.9. The molecular weight excluding hydrogens is 1500 g/mol. The van der Waals surface area contributed by atoms with Gasteiger partial charge in [0.05, 0.1) is 18.2 Å². The van der Waals surface area contributed by atoms with Crippen LogP contribution >= 0.6 is 0 Å². The number of rotatable bonds is 27. The lowest BCUT2D eigenvalue weighted by molar-refractivity contribution is -0.142. The Morgan fingerprint density at radius 3 is 1.45 bits per heavy atom. The SMILES string of the molecule is C.CC(C)[C@H](NC(=O)OCC(C)(C)C)C(=O)N1C[C@H](C2CCCCC2)CC1C(=O)N[C@@H](CC(F)F)C(=O)NCCc1c(F)cc(C(=O)O)cc1F.Cc1cc(F)c(CCNC(=O)[C@H](CC(F)F)NC(=O)C2C[C@@H](C3CCCCC3)CN2)c(F)c1.O=C(O)C1C[C@@H](C2CCCCC2)CN1C(=O)OCC1c2ccccc2-c2ccccc21. The second-order valence-electron chi connectivity index (χ2n) is 33.4. The first-order valence-electron chi connectivity index (χ1n) is 40.4. The van der Waals surface area contributed by atoms with Crippen molar-refractivity contribution in [1.29, 1.82) is 0 Å². The summed E-state index contributed by atoms with van der Waals surface area (Å²) >= 11 is 0. The summed E-state index contributed by atoms with van der Waals surface area (Å²) < 4.78 is 121. The van der Waals surface area contributed by atoms with E-state index in [9.17, 15) is 83.4 Å². The monoisotopic (exact) mass is 1620 g/mol. The van der Waals surface area contributed by atoms with Crippen molar-refractivity contribution in [2.45, 2.75) is 245 Å². The number of hydrogen-bond donors (Lipinski definition) is 8. The first-order valence-corrected chi connectivity index (χ1v) is 40.4. The molecule has 115 heavy (non-hydrogen) atoms. The van der Waals surface area contributed by atoms with Gasteiger partial charge in [0.15, 0.2) is 0 Å². The summed E-state index contributed by atoms with van der Waals surface area (Å²) in [4.78, 5) is 117. The number of benzene rings is 4. The molecule has 6 fully saturated rings. The van der Waals surface area contributed by atoms with E-state index in [-0.39, 0.29) is 81.2 Å². The molecule has 8 N–H and O–H groups in total. The zero-order valence-electron chi connectivity index (χ0n) is 66.0. The van der Waals surface area contributed by atoms with E-state index in [1.165, 1.54) is 71.6 Å². The molecule has 0 aromatic heterocycles. The van der Waals surface area contributed by atoms with Gasteiger partial charge in [-0.15, -0.1) is 0 Å². The van der Waals surface area contributed by atoms with Gasteiger partial charge in [-0.2, -0.15) is 0 Å². The van der Waals surface area contributed by atoms with Crippen molar-refractivity contribution in [1.82, 2.24) is 41.7 Å². The third-order valence-electron chi connectivity index (χ3n) is 23.5. The predicted molar refractivity (Wildman–Crippen MR) is 417 cm³/mol. The van der Waals surface area contributed by atoms with E-state index in [1.54, 1.807) is 20.8 Å². The molecule has 3 saturated carbocycles. The Hall–Kier alpha value is -8.89. The smallest absolute Gasteiger partial charge is 0.410 e. The fourth-order valence-corrected chi connectivity index (χ4v) is 17.5. The van der Waals surface area contributed by atoms with E-state index >= 15 is 0 Å². The van der Waals surface area contributed by atoms with Crippen LogP contribution in [-0.4, -0.2) is 169 Å². The predicted octanol–water partition coefficient (Wildman–Crippen LogP) is 14.6. The molecule has 7 aliphatic rings. The molecule has 0 bridgehead atoms. The third kappa shape index (κ3) is 25.6. The average Bonchev–Trinajstić information content (AvgIpc) is 1.61. The standard InChI is InChI=1S/C35H50F4N4O7.C26H29NO4.C24H33F4N3O2.CH4/c1-19(2)29(42-34(49)50-18-35(3,4)5)32(46)43-17-22(20-9-7-6-8-10-20)15-27(43)31(45)41-26(16-28(38)39)30(44)40-12-11-23-24(36)13-21(33(47)48)14-25(23)37;28-25(29)24-14-18(17-8-2-1-3-9-17)15-27(24)26(30)31-16-23-21-12-6-4-10-19(21)20-11-5-7-13-22(20)23;1-14-9-18(25)17(19(26)10-14)7-8-29-23(32)21(12-22(27)28)31-24(33)20-11-16(13-30-20)15-5-3-2-4-6-15;/h13-14,19-20,22,26-29H,6-12,15-18H2,1-5H3,(H,40,44)(H,41,45)(H,42,49)(H,47,48);4-7,10-13,17-18,23-24H,1-3,8-9,14-16H2,(H,28,29);9-10,15-16,20-22,30H,2-8,11-13H2,1H3,(H,29,32)(H,31,33);1H4/t22-,26+,27?,29+;18-,24?;16-,20?,21+;/m111./s1. The normalized spacial score (nSPS) is 21.3. The second-order valence-corrected chi connectivity index (χ2v) is 33.4. The number of carbonyl (C=O) groups is 9. The highest BCUT2D eigenvalue weighted by Crippen LogP contribution is 2.46. The van der Waals surface area contributed by atoms with Crippen LogP contribution in [0.4, 0.5) is 44.7 Å². The van der Waals surface area contributed by atoms with E-state index in [0.29, 0.717) is 61.4 Å². The van der Waals surface area contributed by atoms with Crippen LogP contribution < -0.4 is 31.9 Å². The molecule has 3 heterocycles. The van der Waals surface area contributed by atoms with Crippen LogP contribution in [-0.2, 0) is 51.1 Å². The van der Waals surface area contributed by atoms with Crippen LogP contribution in [0.15, 0.2) is 72.8 Å². The molecule has 3 aliphatic heterocycles. The van der Waals surface area contributed by atoms with Crippen molar-refractivity contribution in [3.05, 3.63) is 129 Å². The van der Waals surface area contributed by atoms with E-state index in [2.05, 4.69) is 56.2 Å². The lowest BCUT2D eigenvalue weighted by Gasteiger charge is -2.31. The molecular formula is C86H116F8N8O13. The van der Waals surface area contributed by atoms with E-state index in [0.717, 1.165) is 68.9 Å². The molecule has 3 unspecified atom stereocenters. The molecule has 0 radical (unpaired) electrons. The number of nitrogens with zero attached hydrogens (tertiary/aromatic N) is 2. The van der Waals surface area contributed by atoms with Gasteiger partial charge >= 0.3 is 24.1 Å². The second kappa shape index (κ2) is 42.8. The van der Waals surface area contributed by atoms with Crippen molar-refractivity contribution >= 4 is 53.7 Å². The maximum Gasteiger partial charge on any atom is 0.410 e. The lowest BCUT2D eigenvalue weighted by Crippen LogP contribution is -2.57. The van der Waals surface area contributed by atoms with E-state index in [1.807, 2.05) is 45.0 Å². The molecule has 9 atom stereocenters. The number of amides is 7. The van der Waals surface area contributed by atoms with Gasteiger partial charge in [0, 0.05) is 56.1 Å². The number of ether oxygens (including phenoxy) is 2. The lowest BCUT2D eigenvalue weighted by atomic mass is 9.79. The number of nitrogens with one attached hydrogen (secondary N) is 6. The molecule has 4 aromatic rings. The maximum absolute atomic E-state index is 14.4. The van der Waals surface area contributed by atoms with Gasteiger partial charge in [-0.05, 0) is 144 Å². The number of alkyl halides is 4. The van der Waals surface area contributed by atoms with Gasteiger partial charge in [-0.1, -0.05) is 187 Å². The summed E-state index contributed by atoms with van der Waals surface area (Å²) in [6, 6.07) is 13.5. The molecule has 21 nitrogen and oxygen atoms in total. The molecule has 4 aliphatic carbocycles. The van der Waals surface area contributed by atoms with Crippen molar-refractivity contribution in [3.8, 4) is 11.1 Å². The number of aliphatic carboxylic acids is 1. The number of aryl methyl sites for hydroxylation is 1. The van der Waals surface area contributed by atoms with Crippen molar-refractivity contribution in [2.75, 3.05) is 45.9 Å². The van der Waals surface area contributed by atoms with Gasteiger partial charge in [0.1, 0.15) is 60.1 Å². The first kappa shape index (κ1) is 91.6.